The van der Waals surface area contributed by atoms with Gasteiger partial charge in [0.1, 0.15) is 17.4 Å². The molecule has 0 aliphatic rings. The Morgan fingerprint density at radius 1 is 1.29 bits per heavy atom. The van der Waals surface area contributed by atoms with E-state index in [-0.39, 0.29) is 17.3 Å². The van der Waals surface area contributed by atoms with E-state index in [1.165, 1.54) is 30.7 Å². The zero-order valence-electron chi connectivity index (χ0n) is 13.2. The highest BCUT2D eigenvalue weighted by Crippen LogP contribution is 2.26. The molecule has 2 heterocycles. The molecule has 0 saturated carbocycles. The zero-order valence-corrected chi connectivity index (χ0v) is 14.0. The number of furan rings is 1. The molecule has 126 valence electrons. The summed E-state index contributed by atoms with van der Waals surface area (Å²) in [6.45, 7) is 1.65. The summed E-state index contributed by atoms with van der Waals surface area (Å²) in [5.74, 6) is 0.477. The highest BCUT2D eigenvalue weighted by atomic mass is 32.2. The Hall–Kier alpha value is -2.61. The fourth-order valence-corrected chi connectivity index (χ4v) is 3.71. The molecule has 0 spiro atoms. The lowest BCUT2D eigenvalue weighted by Crippen LogP contribution is -2.30. The molecule has 3 aromatic rings. The number of sulfonamides is 1. The van der Waals surface area contributed by atoms with Crippen molar-refractivity contribution in [1.29, 1.82) is 0 Å². The van der Waals surface area contributed by atoms with E-state index in [1.807, 2.05) is 0 Å². The zero-order chi connectivity index (χ0) is 17.3. The molecule has 0 atom stereocenters. The fraction of sp³-hybridized carbons (Fsp3) is 0.188. The molecule has 0 bridgehead atoms. The first-order valence-electron chi connectivity index (χ1n) is 7.18. The van der Waals surface area contributed by atoms with Crippen molar-refractivity contribution in [2.75, 3.05) is 4.31 Å². The lowest BCUT2D eigenvalue weighted by atomic mass is 10.3. The number of benzene rings is 1. The van der Waals surface area contributed by atoms with Crippen LogP contribution < -0.4 is 4.31 Å². The van der Waals surface area contributed by atoms with E-state index in [0.29, 0.717) is 11.6 Å². The lowest BCUT2D eigenvalue weighted by molar-refractivity contribution is 0.508. The Morgan fingerprint density at radius 3 is 2.67 bits per heavy atom. The van der Waals surface area contributed by atoms with E-state index in [1.54, 1.807) is 30.7 Å². The predicted molar refractivity (Wildman–Crippen MR) is 86.4 cm³/mol. The number of hydrogen-bond donors (Lipinski definition) is 0. The average Bonchev–Trinajstić information content (AvgIpc) is 3.15. The van der Waals surface area contributed by atoms with Crippen LogP contribution in [-0.2, 0) is 23.6 Å². The lowest BCUT2D eigenvalue weighted by Gasteiger charge is -2.22. The smallest absolute Gasteiger partial charge is 0.283 e. The molecule has 1 aromatic carbocycles. The maximum absolute atomic E-state index is 13.6. The molecule has 24 heavy (non-hydrogen) atoms. The van der Waals surface area contributed by atoms with Gasteiger partial charge in [-0.1, -0.05) is 6.07 Å². The van der Waals surface area contributed by atoms with Gasteiger partial charge in [-0.25, -0.2) is 9.37 Å². The first-order valence-corrected chi connectivity index (χ1v) is 8.62. The van der Waals surface area contributed by atoms with E-state index in [2.05, 4.69) is 4.98 Å². The number of nitrogens with zero attached hydrogens (tertiary/aromatic N) is 3. The van der Waals surface area contributed by atoms with Gasteiger partial charge in [0.05, 0.1) is 18.5 Å². The number of aromatic nitrogens is 2. The topological polar surface area (TPSA) is 68.3 Å². The number of rotatable bonds is 5. The van der Waals surface area contributed by atoms with Crippen LogP contribution in [0.3, 0.4) is 0 Å². The van der Waals surface area contributed by atoms with Crippen molar-refractivity contribution in [2.45, 2.75) is 18.5 Å². The van der Waals surface area contributed by atoms with Crippen molar-refractivity contribution >= 4 is 15.7 Å². The summed E-state index contributed by atoms with van der Waals surface area (Å²) in [5, 5.41) is -0.0988. The number of aryl methyl sites for hydroxylation is 2. The fourth-order valence-electron chi connectivity index (χ4n) is 2.25. The first-order chi connectivity index (χ1) is 11.4. The third-order valence-corrected chi connectivity index (χ3v) is 5.26. The molecule has 6 nitrogen and oxygen atoms in total. The van der Waals surface area contributed by atoms with E-state index in [9.17, 15) is 12.8 Å². The molecule has 3 rings (SSSR count). The summed E-state index contributed by atoms with van der Waals surface area (Å²) in [5.41, 5.74) is 0.203. The monoisotopic (exact) mass is 349 g/mol. The van der Waals surface area contributed by atoms with Gasteiger partial charge in [-0.15, -0.1) is 0 Å². The van der Waals surface area contributed by atoms with Crippen molar-refractivity contribution in [3.63, 3.8) is 0 Å². The van der Waals surface area contributed by atoms with Gasteiger partial charge in [-0.05, 0) is 37.3 Å². The number of anilines is 1. The SMILES string of the molecule is Cc1nc(S(=O)(=O)N(Cc2ccco2)c2cccc(F)c2)cn1C. The minimum Gasteiger partial charge on any atom is -0.467 e. The Labute approximate surface area is 139 Å². The quantitative estimate of drug-likeness (QED) is 0.710. The second-order valence-corrected chi connectivity index (χ2v) is 7.12. The van der Waals surface area contributed by atoms with E-state index >= 15 is 0 Å². The van der Waals surface area contributed by atoms with Crippen LogP contribution in [0.1, 0.15) is 11.6 Å². The molecule has 0 N–H and O–H groups in total. The van der Waals surface area contributed by atoms with Gasteiger partial charge in [-0.2, -0.15) is 8.42 Å². The Bertz CT molecular complexity index is 929. The van der Waals surface area contributed by atoms with E-state index in [0.717, 1.165) is 10.4 Å². The van der Waals surface area contributed by atoms with Crippen molar-refractivity contribution in [2.24, 2.45) is 7.05 Å². The minimum atomic E-state index is -3.97. The van der Waals surface area contributed by atoms with Crippen LogP contribution in [-0.4, -0.2) is 18.0 Å². The van der Waals surface area contributed by atoms with Crippen LogP contribution in [0.25, 0.3) is 0 Å². The summed E-state index contributed by atoms with van der Waals surface area (Å²) in [6, 6.07) is 8.73. The molecule has 0 radical (unpaired) electrons. The second-order valence-electron chi connectivity index (χ2n) is 5.31. The molecule has 2 aromatic heterocycles. The minimum absolute atomic E-state index is 0.0611. The van der Waals surface area contributed by atoms with Gasteiger partial charge in [-0.3, -0.25) is 4.31 Å². The Balaban J connectivity index is 2.09. The normalized spacial score (nSPS) is 11.6. The molecule has 8 heteroatoms. The van der Waals surface area contributed by atoms with Crippen molar-refractivity contribution in [3.05, 3.63) is 66.3 Å². The number of halogens is 1. The molecule has 0 fully saturated rings. The molecule has 0 unspecified atom stereocenters. The van der Waals surface area contributed by atoms with Gasteiger partial charge in [0.15, 0.2) is 5.03 Å². The first kappa shape index (κ1) is 16.3. The van der Waals surface area contributed by atoms with E-state index in [4.69, 9.17) is 4.42 Å². The third-order valence-electron chi connectivity index (χ3n) is 3.62. The molecular weight excluding hydrogens is 333 g/mol. The summed E-state index contributed by atoms with van der Waals surface area (Å²) in [6.07, 6.45) is 2.88. The Kier molecular flexibility index (Phi) is 4.15. The third kappa shape index (κ3) is 3.05. The van der Waals surface area contributed by atoms with Crippen molar-refractivity contribution in [3.8, 4) is 0 Å². The maximum Gasteiger partial charge on any atom is 0.283 e. The average molecular weight is 349 g/mol. The predicted octanol–water partition coefficient (Wildman–Crippen LogP) is 2.86. The van der Waals surface area contributed by atoms with Crippen LogP contribution in [0.15, 0.2) is 58.3 Å². The van der Waals surface area contributed by atoms with Crippen LogP contribution in [0.2, 0.25) is 0 Å². The van der Waals surface area contributed by atoms with Gasteiger partial charge in [0, 0.05) is 13.2 Å². The van der Waals surface area contributed by atoms with Crippen LogP contribution in [0, 0.1) is 12.7 Å². The Morgan fingerprint density at radius 2 is 2.08 bits per heavy atom. The molecule has 0 amide bonds. The molecular formula is C16H16FN3O3S. The van der Waals surface area contributed by atoms with Gasteiger partial charge >= 0.3 is 0 Å². The summed E-state index contributed by atoms with van der Waals surface area (Å²) in [7, 11) is -2.27. The summed E-state index contributed by atoms with van der Waals surface area (Å²) >= 11 is 0. The van der Waals surface area contributed by atoms with Crippen LogP contribution in [0.5, 0.6) is 0 Å². The highest BCUT2D eigenvalue weighted by molar-refractivity contribution is 7.92. The van der Waals surface area contributed by atoms with Gasteiger partial charge in [0.25, 0.3) is 10.0 Å². The summed E-state index contributed by atoms with van der Waals surface area (Å²) in [4.78, 5) is 4.09. The largest absolute Gasteiger partial charge is 0.467 e. The molecule has 0 saturated heterocycles. The standard InChI is InChI=1S/C16H16FN3O3S/c1-12-18-16(11-19(12)2)24(21,22)20(10-15-7-4-8-23-15)14-6-3-5-13(17)9-14/h3-9,11H,10H2,1-2H3. The van der Waals surface area contributed by atoms with Gasteiger partial charge < -0.3 is 8.98 Å². The summed E-state index contributed by atoms with van der Waals surface area (Å²) < 4.78 is 47.6. The number of imidazole rings is 1. The van der Waals surface area contributed by atoms with Gasteiger partial charge in [0.2, 0.25) is 0 Å². The highest BCUT2D eigenvalue weighted by Gasteiger charge is 2.29. The van der Waals surface area contributed by atoms with Crippen LogP contribution in [0.4, 0.5) is 10.1 Å². The molecule has 0 aliphatic carbocycles. The van der Waals surface area contributed by atoms with Crippen molar-refractivity contribution in [1.82, 2.24) is 9.55 Å². The van der Waals surface area contributed by atoms with Crippen LogP contribution >= 0.6 is 0 Å². The van der Waals surface area contributed by atoms with E-state index < -0.39 is 15.8 Å². The number of hydrogen-bond acceptors (Lipinski definition) is 4. The second kappa shape index (κ2) is 6.12. The molecule has 0 aliphatic heterocycles. The maximum atomic E-state index is 13.6. The van der Waals surface area contributed by atoms with Crippen molar-refractivity contribution < 1.29 is 17.2 Å².